The van der Waals surface area contributed by atoms with Gasteiger partial charge in [-0.1, -0.05) is 12.8 Å². The Labute approximate surface area is 174 Å². The van der Waals surface area contributed by atoms with Crippen molar-refractivity contribution in [3.8, 4) is 22.7 Å². The fraction of sp³-hybridized carbons (Fsp3) is 0.391. The normalized spacial score (nSPS) is 17.6. The van der Waals surface area contributed by atoms with Crippen LogP contribution < -0.4 is 0 Å². The first kappa shape index (κ1) is 19.1. The summed E-state index contributed by atoms with van der Waals surface area (Å²) in [5.74, 6) is 0.512. The van der Waals surface area contributed by atoms with Crippen LogP contribution >= 0.6 is 0 Å². The summed E-state index contributed by atoms with van der Waals surface area (Å²) < 4.78 is 27.0. The van der Waals surface area contributed by atoms with Gasteiger partial charge in [-0.05, 0) is 49.2 Å². The van der Waals surface area contributed by atoms with Gasteiger partial charge in [0.05, 0.1) is 25.2 Å². The van der Waals surface area contributed by atoms with E-state index in [9.17, 15) is 9.18 Å². The predicted molar refractivity (Wildman–Crippen MR) is 110 cm³/mol. The van der Waals surface area contributed by atoms with Crippen LogP contribution in [0.4, 0.5) is 4.39 Å². The van der Waals surface area contributed by atoms with Gasteiger partial charge in [-0.25, -0.2) is 9.37 Å². The summed E-state index contributed by atoms with van der Waals surface area (Å²) in [6.45, 7) is 2.22. The van der Waals surface area contributed by atoms with Gasteiger partial charge >= 0.3 is 0 Å². The second-order valence-electron chi connectivity index (χ2n) is 7.86. The minimum atomic E-state index is -0.285. The molecule has 2 aliphatic rings. The molecule has 1 aliphatic carbocycles. The third kappa shape index (κ3) is 3.54. The Morgan fingerprint density at radius 1 is 1.03 bits per heavy atom. The molecule has 0 unspecified atom stereocenters. The number of ether oxygens (including phenoxy) is 1. The summed E-state index contributed by atoms with van der Waals surface area (Å²) in [6.07, 6.45) is 6.40. The molecule has 0 atom stereocenters. The second-order valence-corrected chi connectivity index (χ2v) is 7.86. The molecule has 30 heavy (non-hydrogen) atoms. The number of aromatic nitrogens is 2. The second kappa shape index (κ2) is 8.07. The number of halogens is 1. The minimum absolute atomic E-state index is 0.125. The highest BCUT2D eigenvalue weighted by Crippen LogP contribution is 2.39. The Kier molecular flexibility index (Phi) is 5.12. The third-order valence-corrected chi connectivity index (χ3v) is 5.98. The Bertz CT molecular complexity index is 1030. The summed E-state index contributed by atoms with van der Waals surface area (Å²) in [5, 5.41) is 0. The van der Waals surface area contributed by atoms with Gasteiger partial charge in [-0.2, -0.15) is 0 Å². The fourth-order valence-corrected chi connectivity index (χ4v) is 4.39. The molecule has 0 spiro atoms. The van der Waals surface area contributed by atoms with E-state index >= 15 is 0 Å². The zero-order valence-electron chi connectivity index (χ0n) is 16.7. The summed E-state index contributed by atoms with van der Waals surface area (Å²) in [5.41, 5.74) is 2.40. The van der Waals surface area contributed by atoms with Gasteiger partial charge in [0.15, 0.2) is 11.5 Å². The molecule has 0 radical (unpaired) electrons. The molecule has 2 aromatic heterocycles. The number of hydrogen-bond acceptors (Lipinski definition) is 4. The van der Waals surface area contributed by atoms with Crippen molar-refractivity contribution in [3.63, 3.8) is 0 Å². The Hall–Kier alpha value is -2.93. The lowest BCUT2D eigenvalue weighted by molar-refractivity contribution is 0.0283. The van der Waals surface area contributed by atoms with Crippen molar-refractivity contribution in [2.24, 2.45) is 0 Å². The molecule has 2 fully saturated rings. The summed E-state index contributed by atoms with van der Waals surface area (Å²) in [6, 6.07) is 10.2. The fourth-order valence-electron chi connectivity index (χ4n) is 4.39. The molecule has 1 aromatic carbocycles. The van der Waals surface area contributed by atoms with E-state index in [1.165, 1.54) is 25.0 Å². The maximum absolute atomic E-state index is 13.5. The van der Waals surface area contributed by atoms with Crippen LogP contribution in [0.2, 0.25) is 0 Å². The molecule has 1 saturated heterocycles. The summed E-state index contributed by atoms with van der Waals surface area (Å²) >= 11 is 0. The lowest BCUT2D eigenvalue weighted by atomic mass is 10.1. The zero-order valence-corrected chi connectivity index (χ0v) is 16.7. The number of hydrogen-bond donors (Lipinski definition) is 0. The highest BCUT2D eigenvalue weighted by atomic mass is 19.1. The molecule has 5 rings (SSSR count). The van der Waals surface area contributed by atoms with Crippen molar-refractivity contribution < 1.29 is 18.3 Å². The predicted octanol–water partition coefficient (Wildman–Crippen LogP) is 4.54. The molecule has 1 aliphatic heterocycles. The van der Waals surface area contributed by atoms with E-state index < -0.39 is 0 Å². The van der Waals surface area contributed by atoms with E-state index in [1.807, 2.05) is 12.4 Å². The van der Waals surface area contributed by atoms with Crippen LogP contribution in [-0.4, -0.2) is 46.7 Å². The highest BCUT2D eigenvalue weighted by molar-refractivity contribution is 5.92. The topological polar surface area (TPSA) is 60.5 Å². The first-order valence-corrected chi connectivity index (χ1v) is 10.5. The number of rotatable bonds is 4. The van der Waals surface area contributed by atoms with Crippen molar-refractivity contribution in [2.75, 3.05) is 26.3 Å². The molecule has 6 nitrogen and oxygen atoms in total. The van der Waals surface area contributed by atoms with E-state index in [2.05, 4.69) is 9.55 Å². The number of imidazole rings is 1. The molecular formula is C23H24FN3O3. The van der Waals surface area contributed by atoms with Gasteiger partial charge in [0, 0.05) is 24.7 Å². The molecule has 0 N–H and O–H groups in total. The average molecular weight is 409 g/mol. The molecule has 0 bridgehead atoms. The van der Waals surface area contributed by atoms with Gasteiger partial charge in [0.25, 0.3) is 5.91 Å². The minimum Gasteiger partial charge on any atom is -0.449 e. The van der Waals surface area contributed by atoms with Crippen LogP contribution in [-0.2, 0) is 4.74 Å². The smallest absolute Gasteiger partial charge is 0.289 e. The summed E-state index contributed by atoms with van der Waals surface area (Å²) in [7, 11) is 0. The van der Waals surface area contributed by atoms with Crippen LogP contribution in [0.5, 0.6) is 0 Å². The number of carbonyl (C=O) groups excluding carboxylic acids is 1. The van der Waals surface area contributed by atoms with Crippen LogP contribution in [0.1, 0.15) is 42.3 Å². The molecule has 156 valence electrons. The molecule has 7 heteroatoms. The number of morpholine rings is 1. The number of benzene rings is 1. The first-order chi connectivity index (χ1) is 14.7. The van der Waals surface area contributed by atoms with Gasteiger partial charge < -0.3 is 18.6 Å². The standard InChI is InChI=1S/C23H24FN3O3/c24-17-7-5-16(6-8-17)21-22(27(15-25-21)18-3-1-2-4-18)19-9-10-20(30-19)23(28)26-11-13-29-14-12-26/h5-10,15,18H,1-4,11-14H2. The van der Waals surface area contributed by atoms with Crippen LogP contribution in [0.25, 0.3) is 22.7 Å². The van der Waals surface area contributed by atoms with E-state index in [0.29, 0.717) is 43.9 Å². The van der Waals surface area contributed by atoms with Crippen molar-refractivity contribution in [2.45, 2.75) is 31.7 Å². The van der Waals surface area contributed by atoms with Crippen LogP contribution in [0.15, 0.2) is 47.1 Å². The lowest BCUT2D eigenvalue weighted by Gasteiger charge is -2.25. The Balaban J connectivity index is 1.54. The molecule has 3 aromatic rings. The molecule has 1 saturated carbocycles. The zero-order chi connectivity index (χ0) is 20.5. The maximum Gasteiger partial charge on any atom is 0.289 e. The van der Waals surface area contributed by atoms with Crippen LogP contribution in [0.3, 0.4) is 0 Å². The van der Waals surface area contributed by atoms with E-state index in [0.717, 1.165) is 29.8 Å². The van der Waals surface area contributed by atoms with Crippen molar-refractivity contribution >= 4 is 5.91 Å². The SMILES string of the molecule is O=C(c1ccc(-c2c(-c3ccc(F)cc3)ncn2C2CCCC2)o1)N1CCOCC1. The van der Waals surface area contributed by atoms with Gasteiger partial charge in [-0.3, -0.25) is 4.79 Å². The van der Waals surface area contributed by atoms with Crippen LogP contribution in [0, 0.1) is 5.82 Å². The molecule has 3 heterocycles. The Morgan fingerprint density at radius 3 is 2.50 bits per heavy atom. The van der Waals surface area contributed by atoms with E-state index in [-0.39, 0.29) is 11.7 Å². The molecular weight excluding hydrogens is 385 g/mol. The number of furan rings is 1. The van der Waals surface area contributed by atoms with E-state index in [1.54, 1.807) is 23.1 Å². The Morgan fingerprint density at radius 2 is 1.77 bits per heavy atom. The highest BCUT2D eigenvalue weighted by Gasteiger charge is 2.27. The van der Waals surface area contributed by atoms with Gasteiger partial charge in [0.2, 0.25) is 0 Å². The maximum atomic E-state index is 13.5. The first-order valence-electron chi connectivity index (χ1n) is 10.5. The third-order valence-electron chi connectivity index (χ3n) is 5.98. The van der Waals surface area contributed by atoms with E-state index in [4.69, 9.17) is 9.15 Å². The van der Waals surface area contributed by atoms with Crippen molar-refractivity contribution in [3.05, 3.63) is 54.3 Å². The number of carbonyl (C=O) groups is 1. The van der Waals surface area contributed by atoms with Crippen molar-refractivity contribution in [1.29, 1.82) is 0 Å². The monoisotopic (exact) mass is 409 g/mol. The largest absolute Gasteiger partial charge is 0.449 e. The quantitative estimate of drug-likeness (QED) is 0.635. The van der Waals surface area contributed by atoms with Gasteiger partial charge in [-0.15, -0.1) is 0 Å². The number of amides is 1. The number of nitrogens with zero attached hydrogens (tertiary/aromatic N) is 3. The summed E-state index contributed by atoms with van der Waals surface area (Å²) in [4.78, 5) is 19.2. The van der Waals surface area contributed by atoms with Gasteiger partial charge in [0.1, 0.15) is 11.5 Å². The molecule has 1 amide bonds. The van der Waals surface area contributed by atoms with Crippen molar-refractivity contribution in [1.82, 2.24) is 14.5 Å². The lowest BCUT2D eigenvalue weighted by Crippen LogP contribution is -2.40. The average Bonchev–Trinajstić information content (AvgIpc) is 3.54.